The molecule has 3 rings (SSSR count). The van der Waals surface area contributed by atoms with Crippen molar-refractivity contribution in [3.8, 4) is 0 Å². The number of rotatable bonds is 4. The quantitative estimate of drug-likeness (QED) is 0.851. The maximum Gasteiger partial charge on any atom is 0.0145 e. The number of nitrogens with zero attached hydrogens (tertiary/aromatic N) is 2. The maximum atomic E-state index is 3.47. The molecule has 2 unspecified atom stereocenters. The van der Waals surface area contributed by atoms with Gasteiger partial charge in [0.1, 0.15) is 0 Å². The summed E-state index contributed by atoms with van der Waals surface area (Å²) in [6, 6.07) is 0.879. The highest BCUT2D eigenvalue weighted by molar-refractivity contribution is 4.94. The van der Waals surface area contributed by atoms with Gasteiger partial charge in [-0.1, -0.05) is 12.8 Å². The molecule has 0 aromatic rings. The van der Waals surface area contributed by atoms with Gasteiger partial charge < -0.3 is 15.1 Å². The summed E-state index contributed by atoms with van der Waals surface area (Å²) in [6.45, 7) is 6.58. The van der Waals surface area contributed by atoms with Gasteiger partial charge in [0.25, 0.3) is 0 Å². The van der Waals surface area contributed by atoms with Crippen LogP contribution in [-0.4, -0.2) is 62.7 Å². The molecule has 0 bridgehead atoms. The van der Waals surface area contributed by atoms with E-state index in [4.69, 9.17) is 0 Å². The number of nitrogens with one attached hydrogen (secondary N) is 1. The minimum Gasteiger partial charge on any atom is -0.319 e. The predicted molar refractivity (Wildman–Crippen MR) is 85.0 cm³/mol. The fourth-order valence-electron chi connectivity index (χ4n) is 5.24. The zero-order valence-corrected chi connectivity index (χ0v) is 13.5. The standard InChI is InChI=1S/C17H33N3/c1-18-13-17(8-3-4-9-17)14-20-11-7-16-15(12-20)6-5-10-19(16)2/h15-16,18H,3-14H2,1-2H3. The van der Waals surface area contributed by atoms with Crippen molar-refractivity contribution >= 4 is 0 Å². The van der Waals surface area contributed by atoms with Crippen LogP contribution in [0.2, 0.25) is 0 Å². The summed E-state index contributed by atoms with van der Waals surface area (Å²) in [5.74, 6) is 0.940. The van der Waals surface area contributed by atoms with Gasteiger partial charge in [-0.3, -0.25) is 0 Å². The molecule has 20 heavy (non-hydrogen) atoms. The molecule has 3 heteroatoms. The van der Waals surface area contributed by atoms with E-state index in [2.05, 4.69) is 29.2 Å². The third-order valence-electron chi connectivity index (χ3n) is 6.20. The topological polar surface area (TPSA) is 18.5 Å². The minimum absolute atomic E-state index is 0.585. The maximum absolute atomic E-state index is 3.47. The first-order chi connectivity index (χ1) is 9.72. The minimum atomic E-state index is 0.585. The molecule has 2 saturated heterocycles. The van der Waals surface area contributed by atoms with Crippen LogP contribution in [-0.2, 0) is 0 Å². The van der Waals surface area contributed by atoms with E-state index >= 15 is 0 Å². The van der Waals surface area contributed by atoms with Gasteiger partial charge in [0.05, 0.1) is 0 Å². The monoisotopic (exact) mass is 279 g/mol. The first kappa shape index (κ1) is 14.8. The molecule has 1 N–H and O–H groups in total. The highest BCUT2D eigenvalue weighted by Gasteiger charge is 2.39. The van der Waals surface area contributed by atoms with Crippen LogP contribution in [0.4, 0.5) is 0 Å². The second-order valence-corrected chi connectivity index (χ2v) is 7.71. The van der Waals surface area contributed by atoms with Crippen molar-refractivity contribution in [2.75, 3.05) is 46.8 Å². The first-order valence-corrected chi connectivity index (χ1v) is 8.80. The lowest BCUT2D eigenvalue weighted by atomic mass is 9.81. The van der Waals surface area contributed by atoms with E-state index in [1.54, 1.807) is 0 Å². The van der Waals surface area contributed by atoms with E-state index < -0.39 is 0 Å². The average Bonchev–Trinajstić information content (AvgIpc) is 2.88. The molecule has 3 fully saturated rings. The van der Waals surface area contributed by atoms with Crippen molar-refractivity contribution in [1.82, 2.24) is 15.1 Å². The van der Waals surface area contributed by atoms with E-state index in [1.807, 2.05) is 0 Å². The molecule has 0 amide bonds. The molecule has 116 valence electrons. The van der Waals surface area contributed by atoms with E-state index in [1.165, 1.54) is 77.7 Å². The number of likely N-dealkylation sites (tertiary alicyclic amines) is 2. The van der Waals surface area contributed by atoms with Crippen LogP contribution in [0.3, 0.4) is 0 Å². The summed E-state index contributed by atoms with van der Waals surface area (Å²) < 4.78 is 0. The number of piperidine rings is 2. The smallest absolute Gasteiger partial charge is 0.0145 e. The molecule has 0 radical (unpaired) electrons. The Morgan fingerprint density at radius 3 is 2.65 bits per heavy atom. The van der Waals surface area contributed by atoms with Gasteiger partial charge in [-0.25, -0.2) is 0 Å². The Balaban J connectivity index is 1.58. The van der Waals surface area contributed by atoms with Crippen LogP contribution < -0.4 is 5.32 Å². The molecular formula is C17H33N3. The Bertz CT molecular complexity index is 311. The largest absolute Gasteiger partial charge is 0.319 e. The fourth-order valence-corrected chi connectivity index (χ4v) is 5.24. The van der Waals surface area contributed by atoms with E-state index in [9.17, 15) is 0 Å². The van der Waals surface area contributed by atoms with Crippen LogP contribution in [0, 0.1) is 11.3 Å². The van der Waals surface area contributed by atoms with Crippen LogP contribution in [0.15, 0.2) is 0 Å². The van der Waals surface area contributed by atoms with Crippen molar-refractivity contribution in [2.24, 2.45) is 11.3 Å². The third kappa shape index (κ3) is 3.05. The normalized spacial score (nSPS) is 35.1. The molecule has 1 saturated carbocycles. The SMILES string of the molecule is CNCC1(CN2CCC3C(CCCN3C)C2)CCCC1. The Morgan fingerprint density at radius 1 is 1.10 bits per heavy atom. The summed E-state index contributed by atoms with van der Waals surface area (Å²) in [5, 5.41) is 3.47. The highest BCUT2D eigenvalue weighted by Crippen LogP contribution is 2.39. The molecule has 3 nitrogen and oxygen atoms in total. The molecule has 1 aliphatic carbocycles. The van der Waals surface area contributed by atoms with Crippen molar-refractivity contribution in [3.05, 3.63) is 0 Å². The molecule has 3 aliphatic rings. The van der Waals surface area contributed by atoms with Crippen LogP contribution in [0.25, 0.3) is 0 Å². The van der Waals surface area contributed by atoms with Crippen LogP contribution in [0.5, 0.6) is 0 Å². The molecule has 2 atom stereocenters. The zero-order valence-electron chi connectivity index (χ0n) is 13.5. The summed E-state index contributed by atoms with van der Waals surface area (Å²) in [7, 11) is 4.47. The van der Waals surface area contributed by atoms with Crippen molar-refractivity contribution in [3.63, 3.8) is 0 Å². The van der Waals surface area contributed by atoms with Crippen molar-refractivity contribution < 1.29 is 0 Å². The Morgan fingerprint density at radius 2 is 1.90 bits per heavy atom. The molecule has 2 heterocycles. The molecule has 0 spiro atoms. The third-order valence-corrected chi connectivity index (χ3v) is 6.20. The van der Waals surface area contributed by atoms with Crippen LogP contribution in [0.1, 0.15) is 44.9 Å². The predicted octanol–water partition coefficient (Wildman–Crippen LogP) is 2.18. The summed E-state index contributed by atoms with van der Waals surface area (Å²) >= 11 is 0. The van der Waals surface area contributed by atoms with E-state index in [-0.39, 0.29) is 0 Å². The Hall–Kier alpha value is -0.120. The molecule has 0 aromatic heterocycles. The second kappa shape index (κ2) is 6.33. The molecular weight excluding hydrogens is 246 g/mol. The Kier molecular flexibility index (Phi) is 4.68. The summed E-state index contributed by atoms with van der Waals surface area (Å²) in [4.78, 5) is 5.44. The zero-order chi connectivity index (χ0) is 14.0. The summed E-state index contributed by atoms with van der Waals surface area (Å²) in [6.07, 6.45) is 10.1. The molecule has 2 aliphatic heterocycles. The lowest BCUT2D eigenvalue weighted by Gasteiger charge is -2.48. The van der Waals surface area contributed by atoms with Gasteiger partial charge in [0.15, 0.2) is 0 Å². The van der Waals surface area contributed by atoms with Crippen molar-refractivity contribution in [1.29, 1.82) is 0 Å². The average molecular weight is 279 g/mol. The summed E-state index contributed by atoms with van der Waals surface area (Å²) in [5.41, 5.74) is 0.585. The van der Waals surface area contributed by atoms with Gasteiger partial charge in [0, 0.05) is 25.7 Å². The Labute approximate surface area is 125 Å². The van der Waals surface area contributed by atoms with E-state index in [0.717, 1.165) is 12.0 Å². The van der Waals surface area contributed by atoms with Gasteiger partial charge in [-0.2, -0.15) is 0 Å². The first-order valence-electron chi connectivity index (χ1n) is 8.80. The molecule has 0 aromatic carbocycles. The lowest BCUT2D eigenvalue weighted by Crippen LogP contribution is -2.54. The van der Waals surface area contributed by atoms with Gasteiger partial charge in [-0.15, -0.1) is 0 Å². The number of hydrogen-bond acceptors (Lipinski definition) is 3. The van der Waals surface area contributed by atoms with E-state index in [0.29, 0.717) is 5.41 Å². The fraction of sp³-hybridized carbons (Fsp3) is 1.00. The van der Waals surface area contributed by atoms with Gasteiger partial charge in [-0.05, 0) is 70.6 Å². The number of hydrogen-bond donors (Lipinski definition) is 1. The van der Waals surface area contributed by atoms with Gasteiger partial charge in [0.2, 0.25) is 0 Å². The van der Waals surface area contributed by atoms with Gasteiger partial charge >= 0.3 is 0 Å². The highest BCUT2D eigenvalue weighted by atomic mass is 15.2. The number of fused-ring (bicyclic) bond motifs is 1. The van der Waals surface area contributed by atoms with Crippen molar-refractivity contribution in [2.45, 2.75) is 51.0 Å². The van der Waals surface area contributed by atoms with Crippen LogP contribution >= 0.6 is 0 Å². The lowest BCUT2D eigenvalue weighted by molar-refractivity contribution is 0.0199. The second-order valence-electron chi connectivity index (χ2n) is 7.71.